The van der Waals surface area contributed by atoms with E-state index in [9.17, 15) is 9.59 Å². The Bertz CT molecular complexity index is 771. The topological polar surface area (TPSA) is 58.6 Å². The summed E-state index contributed by atoms with van der Waals surface area (Å²) in [5, 5.41) is 2.87. The van der Waals surface area contributed by atoms with Crippen LogP contribution in [0.5, 0.6) is 5.75 Å². The zero-order chi connectivity index (χ0) is 19.1. The predicted octanol–water partition coefficient (Wildman–Crippen LogP) is 3.42. The minimum absolute atomic E-state index is 0.0830. The third-order valence-corrected chi connectivity index (χ3v) is 3.99. The third kappa shape index (κ3) is 5.92. The Kier molecular flexibility index (Phi) is 6.78. The highest BCUT2D eigenvalue weighted by Crippen LogP contribution is 2.16. The first-order chi connectivity index (χ1) is 12.3. The lowest BCUT2D eigenvalue weighted by atomic mass is 10.1. The van der Waals surface area contributed by atoms with Gasteiger partial charge >= 0.3 is 0 Å². The van der Waals surface area contributed by atoms with E-state index in [2.05, 4.69) is 5.32 Å². The maximum Gasteiger partial charge on any atom is 0.265 e. The number of carbonyl (C=O) groups excluding carboxylic acids is 2. The van der Waals surface area contributed by atoms with E-state index < -0.39 is 6.10 Å². The maximum absolute atomic E-state index is 12.4. The minimum atomic E-state index is -0.615. The van der Waals surface area contributed by atoms with Gasteiger partial charge in [0.1, 0.15) is 5.75 Å². The quantitative estimate of drug-likeness (QED) is 0.829. The van der Waals surface area contributed by atoms with Crippen LogP contribution in [0.25, 0.3) is 0 Å². The van der Waals surface area contributed by atoms with Crippen molar-refractivity contribution in [2.24, 2.45) is 0 Å². The molecule has 5 heteroatoms. The van der Waals surface area contributed by atoms with E-state index in [0.29, 0.717) is 24.3 Å². The first-order valence-corrected chi connectivity index (χ1v) is 8.68. The lowest BCUT2D eigenvalue weighted by molar-refractivity contribution is -0.128. The molecule has 0 aliphatic heterocycles. The summed E-state index contributed by atoms with van der Waals surface area (Å²) in [6, 6.07) is 15.1. The normalized spacial score (nSPS) is 11.5. The van der Waals surface area contributed by atoms with Gasteiger partial charge in [-0.25, -0.2) is 0 Å². The van der Waals surface area contributed by atoms with Crippen LogP contribution >= 0.6 is 0 Å². The molecule has 2 rings (SSSR count). The van der Waals surface area contributed by atoms with Crippen LogP contribution in [0.1, 0.15) is 24.5 Å². The summed E-state index contributed by atoms with van der Waals surface area (Å²) in [5.41, 5.74) is 2.78. The molecule has 0 aliphatic carbocycles. The summed E-state index contributed by atoms with van der Waals surface area (Å²) >= 11 is 0. The van der Waals surface area contributed by atoms with E-state index in [1.54, 1.807) is 25.9 Å². The standard InChI is InChI=1S/C21H26N2O3/c1-15-7-5-10-19(13-15)26-16(2)21(25)22-18-9-6-8-17(14-18)11-12-20(24)23(3)4/h5-10,13-14,16H,11-12H2,1-4H3,(H,22,25). The van der Waals surface area contributed by atoms with Gasteiger partial charge in [-0.2, -0.15) is 0 Å². The predicted molar refractivity (Wildman–Crippen MR) is 103 cm³/mol. The molecule has 5 nitrogen and oxygen atoms in total. The Labute approximate surface area is 155 Å². The number of anilines is 1. The fraction of sp³-hybridized carbons (Fsp3) is 0.333. The molecular weight excluding hydrogens is 328 g/mol. The molecule has 138 valence electrons. The molecule has 0 aliphatic rings. The van der Waals surface area contributed by atoms with Crippen molar-refractivity contribution in [1.82, 2.24) is 4.90 Å². The van der Waals surface area contributed by atoms with Crippen molar-refractivity contribution in [3.8, 4) is 5.75 Å². The van der Waals surface area contributed by atoms with E-state index in [1.165, 1.54) is 0 Å². The second kappa shape index (κ2) is 9.04. The Morgan fingerprint density at radius 1 is 1.12 bits per heavy atom. The zero-order valence-corrected chi connectivity index (χ0v) is 15.8. The van der Waals surface area contributed by atoms with E-state index in [0.717, 1.165) is 11.1 Å². The van der Waals surface area contributed by atoms with Crippen molar-refractivity contribution < 1.29 is 14.3 Å². The second-order valence-corrected chi connectivity index (χ2v) is 6.55. The number of benzene rings is 2. The molecule has 2 amide bonds. The summed E-state index contributed by atoms with van der Waals surface area (Å²) in [4.78, 5) is 25.7. The molecular formula is C21H26N2O3. The third-order valence-electron chi connectivity index (χ3n) is 3.99. The molecule has 1 N–H and O–H groups in total. The smallest absolute Gasteiger partial charge is 0.265 e. The fourth-order valence-electron chi connectivity index (χ4n) is 2.47. The van der Waals surface area contributed by atoms with Gasteiger partial charge in [0.15, 0.2) is 6.10 Å². The van der Waals surface area contributed by atoms with Crippen LogP contribution < -0.4 is 10.1 Å². The average Bonchev–Trinajstić information content (AvgIpc) is 2.59. The molecule has 0 bridgehead atoms. The van der Waals surface area contributed by atoms with Crippen molar-refractivity contribution in [2.75, 3.05) is 19.4 Å². The number of rotatable bonds is 7. The molecule has 0 aromatic heterocycles. The molecule has 0 heterocycles. The van der Waals surface area contributed by atoms with Crippen LogP contribution in [0.3, 0.4) is 0 Å². The maximum atomic E-state index is 12.4. The Hall–Kier alpha value is -2.82. The summed E-state index contributed by atoms with van der Waals surface area (Å²) in [6.45, 7) is 3.70. The number of hydrogen-bond donors (Lipinski definition) is 1. The number of hydrogen-bond acceptors (Lipinski definition) is 3. The Balaban J connectivity index is 1.93. The van der Waals surface area contributed by atoms with Gasteiger partial charge in [-0.05, 0) is 55.7 Å². The molecule has 2 aromatic rings. The van der Waals surface area contributed by atoms with E-state index in [1.807, 2.05) is 55.5 Å². The number of carbonyl (C=O) groups is 2. The van der Waals surface area contributed by atoms with Crippen LogP contribution in [-0.2, 0) is 16.0 Å². The second-order valence-electron chi connectivity index (χ2n) is 6.55. The van der Waals surface area contributed by atoms with Crippen molar-refractivity contribution in [3.05, 3.63) is 59.7 Å². The van der Waals surface area contributed by atoms with Gasteiger partial charge in [-0.3, -0.25) is 9.59 Å². The molecule has 1 atom stereocenters. The molecule has 2 aromatic carbocycles. The number of amides is 2. The highest BCUT2D eigenvalue weighted by molar-refractivity contribution is 5.94. The summed E-state index contributed by atoms with van der Waals surface area (Å²) in [6.07, 6.45) is 0.462. The molecule has 26 heavy (non-hydrogen) atoms. The van der Waals surface area contributed by atoms with Crippen molar-refractivity contribution in [2.45, 2.75) is 32.8 Å². The molecule has 0 radical (unpaired) electrons. The van der Waals surface area contributed by atoms with Crippen LogP contribution in [0, 0.1) is 6.92 Å². The van der Waals surface area contributed by atoms with Gasteiger partial charge in [-0.1, -0.05) is 24.3 Å². The Morgan fingerprint density at radius 2 is 1.85 bits per heavy atom. The molecule has 0 saturated carbocycles. The fourth-order valence-corrected chi connectivity index (χ4v) is 2.47. The van der Waals surface area contributed by atoms with Gasteiger partial charge in [0.25, 0.3) is 5.91 Å². The molecule has 0 spiro atoms. The highest BCUT2D eigenvalue weighted by Gasteiger charge is 2.15. The summed E-state index contributed by atoms with van der Waals surface area (Å²) in [5.74, 6) is 0.538. The van der Waals surface area contributed by atoms with Crippen LogP contribution in [0.4, 0.5) is 5.69 Å². The first kappa shape index (κ1) is 19.5. The number of aryl methyl sites for hydroxylation is 2. The van der Waals surface area contributed by atoms with Crippen LogP contribution in [-0.4, -0.2) is 36.9 Å². The van der Waals surface area contributed by atoms with Gasteiger partial charge in [0.2, 0.25) is 5.91 Å². The van der Waals surface area contributed by atoms with Gasteiger partial charge in [0, 0.05) is 26.2 Å². The largest absolute Gasteiger partial charge is 0.481 e. The molecule has 0 saturated heterocycles. The van der Waals surface area contributed by atoms with E-state index >= 15 is 0 Å². The SMILES string of the molecule is Cc1cccc(OC(C)C(=O)Nc2cccc(CCC(=O)N(C)C)c2)c1. The number of nitrogens with zero attached hydrogens (tertiary/aromatic N) is 1. The van der Waals surface area contributed by atoms with Gasteiger partial charge in [-0.15, -0.1) is 0 Å². The first-order valence-electron chi connectivity index (χ1n) is 8.68. The monoisotopic (exact) mass is 354 g/mol. The van der Waals surface area contributed by atoms with E-state index in [-0.39, 0.29) is 11.8 Å². The number of ether oxygens (including phenoxy) is 1. The van der Waals surface area contributed by atoms with Gasteiger partial charge in [0.05, 0.1) is 0 Å². The van der Waals surface area contributed by atoms with Crippen molar-refractivity contribution in [1.29, 1.82) is 0 Å². The van der Waals surface area contributed by atoms with Crippen LogP contribution in [0.2, 0.25) is 0 Å². The minimum Gasteiger partial charge on any atom is -0.481 e. The van der Waals surface area contributed by atoms with Crippen molar-refractivity contribution >= 4 is 17.5 Å². The highest BCUT2D eigenvalue weighted by atomic mass is 16.5. The summed E-state index contributed by atoms with van der Waals surface area (Å²) < 4.78 is 5.70. The van der Waals surface area contributed by atoms with Gasteiger partial charge < -0.3 is 15.0 Å². The zero-order valence-electron chi connectivity index (χ0n) is 15.8. The lowest BCUT2D eigenvalue weighted by Gasteiger charge is -2.15. The molecule has 0 fully saturated rings. The molecule has 1 unspecified atom stereocenters. The summed E-state index contributed by atoms with van der Waals surface area (Å²) in [7, 11) is 3.49. The lowest BCUT2D eigenvalue weighted by Crippen LogP contribution is -2.30. The average molecular weight is 354 g/mol. The van der Waals surface area contributed by atoms with Crippen molar-refractivity contribution in [3.63, 3.8) is 0 Å². The van der Waals surface area contributed by atoms with E-state index in [4.69, 9.17) is 4.74 Å². The number of nitrogens with one attached hydrogen (secondary N) is 1. The van der Waals surface area contributed by atoms with Crippen LogP contribution in [0.15, 0.2) is 48.5 Å². The Morgan fingerprint density at radius 3 is 2.54 bits per heavy atom.